The highest BCUT2D eigenvalue weighted by molar-refractivity contribution is 5.89. The van der Waals surface area contributed by atoms with Gasteiger partial charge in [-0.15, -0.1) is 0 Å². The van der Waals surface area contributed by atoms with Crippen LogP contribution >= 0.6 is 0 Å². The van der Waals surface area contributed by atoms with Crippen molar-refractivity contribution < 1.29 is 9.59 Å². The standard InChI is InChI=1S/C14H25N3O2/c1-16-13(18)12-3-2-8-17(12)14(19)11-6-4-10(9-15)5-7-11/h10-12H,2-9,15H2,1H3,(H,16,18). The number of carbonyl (C=O) groups is 2. The number of hydrogen-bond acceptors (Lipinski definition) is 3. The van der Waals surface area contributed by atoms with E-state index in [0.29, 0.717) is 5.92 Å². The molecule has 3 N–H and O–H groups in total. The van der Waals surface area contributed by atoms with Crippen LogP contribution in [-0.2, 0) is 9.59 Å². The summed E-state index contributed by atoms with van der Waals surface area (Å²) >= 11 is 0. The first-order valence-corrected chi connectivity index (χ1v) is 7.39. The van der Waals surface area contributed by atoms with E-state index in [2.05, 4.69) is 5.32 Å². The van der Waals surface area contributed by atoms with Gasteiger partial charge in [-0.1, -0.05) is 0 Å². The summed E-state index contributed by atoms with van der Waals surface area (Å²) in [6.45, 7) is 1.46. The maximum atomic E-state index is 12.5. The molecule has 19 heavy (non-hydrogen) atoms. The molecule has 5 heteroatoms. The topological polar surface area (TPSA) is 75.4 Å². The molecule has 0 aromatic heterocycles. The number of hydrogen-bond donors (Lipinski definition) is 2. The van der Waals surface area contributed by atoms with E-state index in [1.807, 2.05) is 0 Å². The molecule has 5 nitrogen and oxygen atoms in total. The van der Waals surface area contributed by atoms with E-state index in [0.717, 1.165) is 51.6 Å². The van der Waals surface area contributed by atoms with Gasteiger partial charge in [-0.05, 0) is 51.0 Å². The fourth-order valence-corrected chi connectivity index (χ4v) is 3.35. The first-order chi connectivity index (χ1) is 9.17. The molecule has 0 aromatic rings. The smallest absolute Gasteiger partial charge is 0.242 e. The molecule has 1 atom stereocenters. The van der Waals surface area contributed by atoms with Crippen molar-refractivity contribution in [3.05, 3.63) is 0 Å². The molecule has 2 rings (SSSR count). The molecule has 2 aliphatic rings. The van der Waals surface area contributed by atoms with Gasteiger partial charge in [-0.25, -0.2) is 0 Å². The van der Waals surface area contributed by atoms with Crippen molar-refractivity contribution in [2.24, 2.45) is 17.6 Å². The number of nitrogens with one attached hydrogen (secondary N) is 1. The highest BCUT2D eigenvalue weighted by atomic mass is 16.2. The minimum absolute atomic E-state index is 0.0264. The average Bonchev–Trinajstić information content (AvgIpc) is 2.95. The van der Waals surface area contributed by atoms with Crippen molar-refractivity contribution in [2.45, 2.75) is 44.6 Å². The van der Waals surface area contributed by atoms with Crippen LogP contribution in [0.15, 0.2) is 0 Å². The molecule has 1 aliphatic carbocycles. The van der Waals surface area contributed by atoms with Crippen molar-refractivity contribution in [1.29, 1.82) is 0 Å². The van der Waals surface area contributed by atoms with E-state index in [4.69, 9.17) is 5.73 Å². The number of likely N-dealkylation sites (N-methyl/N-ethyl adjacent to an activating group) is 1. The Morgan fingerprint density at radius 3 is 2.47 bits per heavy atom. The molecule has 1 saturated heterocycles. The van der Waals surface area contributed by atoms with Gasteiger partial charge in [-0.2, -0.15) is 0 Å². The van der Waals surface area contributed by atoms with Crippen molar-refractivity contribution in [3.8, 4) is 0 Å². The van der Waals surface area contributed by atoms with Crippen LogP contribution in [0.2, 0.25) is 0 Å². The van der Waals surface area contributed by atoms with Gasteiger partial charge in [0.25, 0.3) is 0 Å². The van der Waals surface area contributed by atoms with Crippen LogP contribution in [0, 0.1) is 11.8 Å². The summed E-state index contributed by atoms with van der Waals surface area (Å²) in [5, 5.41) is 2.66. The lowest BCUT2D eigenvalue weighted by atomic mass is 9.81. The molecular weight excluding hydrogens is 242 g/mol. The van der Waals surface area contributed by atoms with Crippen LogP contribution < -0.4 is 11.1 Å². The van der Waals surface area contributed by atoms with Crippen LogP contribution in [0.1, 0.15) is 38.5 Å². The summed E-state index contributed by atoms with van der Waals surface area (Å²) in [5.74, 6) is 0.841. The summed E-state index contributed by atoms with van der Waals surface area (Å²) in [4.78, 5) is 26.1. The number of nitrogens with two attached hydrogens (primary N) is 1. The van der Waals surface area contributed by atoms with Crippen LogP contribution in [0.25, 0.3) is 0 Å². The van der Waals surface area contributed by atoms with Crippen molar-refractivity contribution in [3.63, 3.8) is 0 Å². The Bertz CT molecular complexity index is 338. The Morgan fingerprint density at radius 2 is 1.89 bits per heavy atom. The number of carbonyl (C=O) groups excluding carboxylic acids is 2. The Hall–Kier alpha value is -1.10. The number of nitrogens with zero attached hydrogens (tertiary/aromatic N) is 1. The van der Waals surface area contributed by atoms with Gasteiger partial charge in [-0.3, -0.25) is 9.59 Å². The van der Waals surface area contributed by atoms with Crippen molar-refractivity contribution >= 4 is 11.8 Å². The average molecular weight is 267 g/mol. The largest absolute Gasteiger partial charge is 0.357 e. The quantitative estimate of drug-likeness (QED) is 0.781. The predicted octanol–water partition coefficient (Wildman–Crippen LogP) is 0.489. The fourth-order valence-electron chi connectivity index (χ4n) is 3.35. The molecule has 2 amide bonds. The van der Waals surface area contributed by atoms with E-state index in [9.17, 15) is 9.59 Å². The second-order valence-electron chi connectivity index (χ2n) is 5.76. The van der Waals surface area contributed by atoms with E-state index < -0.39 is 0 Å². The third-order valence-corrected chi connectivity index (χ3v) is 4.61. The molecule has 1 saturated carbocycles. The van der Waals surface area contributed by atoms with Gasteiger partial charge in [0.05, 0.1) is 0 Å². The summed E-state index contributed by atoms with van der Waals surface area (Å²) < 4.78 is 0. The first-order valence-electron chi connectivity index (χ1n) is 7.39. The van der Waals surface area contributed by atoms with Crippen LogP contribution in [0.3, 0.4) is 0 Å². The highest BCUT2D eigenvalue weighted by Gasteiger charge is 2.37. The normalized spacial score (nSPS) is 31.3. The summed E-state index contributed by atoms with van der Waals surface area (Å²) in [7, 11) is 1.63. The molecule has 0 bridgehead atoms. The van der Waals surface area contributed by atoms with Gasteiger partial charge in [0.2, 0.25) is 11.8 Å². The van der Waals surface area contributed by atoms with Gasteiger partial charge < -0.3 is 16.0 Å². The van der Waals surface area contributed by atoms with E-state index in [-0.39, 0.29) is 23.8 Å². The summed E-state index contributed by atoms with van der Waals surface area (Å²) in [6, 6.07) is -0.246. The lowest BCUT2D eigenvalue weighted by molar-refractivity contribution is -0.142. The predicted molar refractivity (Wildman–Crippen MR) is 73.3 cm³/mol. The maximum absolute atomic E-state index is 12.5. The lowest BCUT2D eigenvalue weighted by Crippen LogP contribution is -2.47. The van der Waals surface area contributed by atoms with Crippen molar-refractivity contribution in [2.75, 3.05) is 20.1 Å². The third-order valence-electron chi connectivity index (χ3n) is 4.61. The van der Waals surface area contributed by atoms with Gasteiger partial charge in [0.15, 0.2) is 0 Å². The van der Waals surface area contributed by atoms with E-state index in [1.54, 1.807) is 11.9 Å². The SMILES string of the molecule is CNC(=O)C1CCCN1C(=O)C1CCC(CN)CC1. The zero-order chi connectivity index (χ0) is 13.8. The van der Waals surface area contributed by atoms with Crippen LogP contribution in [-0.4, -0.2) is 42.9 Å². The van der Waals surface area contributed by atoms with Gasteiger partial charge in [0, 0.05) is 19.5 Å². The van der Waals surface area contributed by atoms with E-state index >= 15 is 0 Å². The Labute approximate surface area is 114 Å². The second kappa shape index (κ2) is 6.37. The van der Waals surface area contributed by atoms with E-state index in [1.165, 1.54) is 0 Å². The zero-order valence-electron chi connectivity index (χ0n) is 11.7. The number of amides is 2. The molecule has 0 radical (unpaired) electrons. The zero-order valence-corrected chi connectivity index (χ0v) is 11.7. The molecule has 1 unspecified atom stereocenters. The monoisotopic (exact) mass is 267 g/mol. The maximum Gasteiger partial charge on any atom is 0.242 e. The molecule has 1 heterocycles. The molecule has 0 spiro atoms. The minimum atomic E-state index is -0.246. The highest BCUT2D eigenvalue weighted by Crippen LogP contribution is 2.31. The van der Waals surface area contributed by atoms with Crippen molar-refractivity contribution in [1.82, 2.24) is 10.2 Å². The van der Waals surface area contributed by atoms with Gasteiger partial charge in [0.1, 0.15) is 6.04 Å². The summed E-state index contributed by atoms with van der Waals surface area (Å²) in [6.07, 6.45) is 5.68. The van der Waals surface area contributed by atoms with Crippen LogP contribution in [0.5, 0.6) is 0 Å². The first kappa shape index (κ1) is 14.3. The third kappa shape index (κ3) is 3.08. The Morgan fingerprint density at radius 1 is 1.21 bits per heavy atom. The fraction of sp³-hybridized carbons (Fsp3) is 0.857. The molecular formula is C14H25N3O2. The number of likely N-dealkylation sites (tertiary alicyclic amines) is 1. The molecule has 2 fully saturated rings. The second-order valence-corrected chi connectivity index (χ2v) is 5.76. The molecule has 108 valence electrons. The van der Waals surface area contributed by atoms with Gasteiger partial charge >= 0.3 is 0 Å². The molecule has 0 aromatic carbocycles. The number of rotatable bonds is 3. The minimum Gasteiger partial charge on any atom is -0.357 e. The Kier molecular flexibility index (Phi) is 4.80. The van der Waals surface area contributed by atoms with Crippen LogP contribution in [0.4, 0.5) is 0 Å². The lowest BCUT2D eigenvalue weighted by Gasteiger charge is -2.32. The summed E-state index contributed by atoms with van der Waals surface area (Å²) in [5.41, 5.74) is 5.68. The molecule has 1 aliphatic heterocycles. The Balaban J connectivity index is 1.94.